The third-order valence-electron chi connectivity index (χ3n) is 6.99. The van der Waals surface area contributed by atoms with Crippen molar-refractivity contribution in [3.8, 4) is 5.75 Å². The molecule has 1 aliphatic heterocycles. The number of benzene rings is 2. The van der Waals surface area contributed by atoms with E-state index in [-0.39, 0.29) is 29.7 Å². The van der Waals surface area contributed by atoms with E-state index in [1.54, 1.807) is 48.4 Å². The van der Waals surface area contributed by atoms with Gasteiger partial charge in [0.15, 0.2) is 0 Å². The fraction of sp³-hybridized carbons (Fsp3) is 0.464. The van der Waals surface area contributed by atoms with Crippen molar-refractivity contribution in [1.82, 2.24) is 4.90 Å². The topological polar surface area (TPSA) is 87.7 Å². The molecule has 2 aliphatic rings. The number of carbonyl (C=O) groups is 3. The number of amides is 3. The van der Waals surface area contributed by atoms with E-state index in [9.17, 15) is 14.4 Å². The number of anilines is 2. The van der Waals surface area contributed by atoms with Crippen molar-refractivity contribution >= 4 is 29.1 Å². The van der Waals surface area contributed by atoms with Gasteiger partial charge >= 0.3 is 0 Å². The molecule has 4 rings (SSSR count). The van der Waals surface area contributed by atoms with E-state index in [4.69, 9.17) is 4.74 Å². The maximum atomic E-state index is 13.7. The van der Waals surface area contributed by atoms with Gasteiger partial charge in [0, 0.05) is 23.8 Å². The second-order valence-corrected chi connectivity index (χ2v) is 9.99. The van der Waals surface area contributed by atoms with E-state index < -0.39 is 6.04 Å². The molecule has 2 N–H and O–H groups in total. The number of carbonyl (C=O) groups excluding carboxylic acids is 3. The van der Waals surface area contributed by atoms with Crippen LogP contribution in [0.4, 0.5) is 11.4 Å². The molecule has 0 aromatic heterocycles. The number of rotatable bonds is 7. The van der Waals surface area contributed by atoms with Crippen LogP contribution in [0.5, 0.6) is 5.75 Å². The summed E-state index contributed by atoms with van der Waals surface area (Å²) in [5.41, 5.74) is 1.81. The molecule has 3 atom stereocenters. The van der Waals surface area contributed by atoms with Crippen molar-refractivity contribution in [3.63, 3.8) is 0 Å². The minimum absolute atomic E-state index is 0.0316. The third-order valence-corrected chi connectivity index (χ3v) is 6.99. The highest BCUT2D eigenvalue weighted by molar-refractivity contribution is 6.03. The van der Waals surface area contributed by atoms with Gasteiger partial charge in [-0.25, -0.2) is 0 Å². The molecule has 3 amide bonds. The van der Waals surface area contributed by atoms with Gasteiger partial charge in [-0.3, -0.25) is 14.4 Å². The van der Waals surface area contributed by atoms with E-state index in [2.05, 4.69) is 10.6 Å². The molecule has 35 heavy (non-hydrogen) atoms. The highest BCUT2D eigenvalue weighted by Gasteiger charge is 2.48. The van der Waals surface area contributed by atoms with Gasteiger partial charge in [-0.15, -0.1) is 0 Å². The van der Waals surface area contributed by atoms with Crippen LogP contribution in [0.1, 0.15) is 62.7 Å². The molecule has 2 aromatic carbocycles. The molecular weight excluding hydrogens is 442 g/mol. The summed E-state index contributed by atoms with van der Waals surface area (Å²) in [6.07, 6.45) is 5.28. The molecule has 3 unspecified atom stereocenters. The highest BCUT2D eigenvalue weighted by Crippen LogP contribution is 2.41. The van der Waals surface area contributed by atoms with Gasteiger partial charge in [-0.2, -0.15) is 0 Å². The summed E-state index contributed by atoms with van der Waals surface area (Å²) in [5.74, 6) is 0.767. The number of methoxy groups -OCH3 is 1. The lowest BCUT2D eigenvalue weighted by Gasteiger charge is -2.34. The van der Waals surface area contributed by atoms with Crippen LogP contribution in [0, 0.1) is 11.8 Å². The van der Waals surface area contributed by atoms with Crippen molar-refractivity contribution < 1.29 is 19.1 Å². The van der Waals surface area contributed by atoms with Gasteiger partial charge < -0.3 is 20.3 Å². The van der Waals surface area contributed by atoms with Gasteiger partial charge in [0.25, 0.3) is 5.91 Å². The molecule has 1 saturated carbocycles. The van der Waals surface area contributed by atoms with Gasteiger partial charge in [0.2, 0.25) is 11.8 Å². The van der Waals surface area contributed by atoms with E-state index >= 15 is 0 Å². The molecule has 0 radical (unpaired) electrons. The number of ether oxygens (including phenoxy) is 1. The molecular formula is C28H35N3O4. The number of para-hydroxylation sites is 1. The Morgan fingerprint density at radius 1 is 0.971 bits per heavy atom. The van der Waals surface area contributed by atoms with Crippen molar-refractivity contribution in [2.24, 2.45) is 11.8 Å². The average molecular weight is 478 g/mol. The second kappa shape index (κ2) is 10.9. The smallest absolute Gasteiger partial charge is 0.258 e. The van der Waals surface area contributed by atoms with E-state index in [0.717, 1.165) is 25.7 Å². The molecule has 186 valence electrons. The normalized spacial score (nSPS) is 21.4. The van der Waals surface area contributed by atoms with Crippen LogP contribution < -0.4 is 15.4 Å². The summed E-state index contributed by atoms with van der Waals surface area (Å²) in [6.45, 7) is 4.00. The summed E-state index contributed by atoms with van der Waals surface area (Å²) in [4.78, 5) is 41.0. The Morgan fingerprint density at radius 3 is 2.31 bits per heavy atom. The Hall–Kier alpha value is -3.35. The summed E-state index contributed by atoms with van der Waals surface area (Å²) >= 11 is 0. The fourth-order valence-corrected chi connectivity index (χ4v) is 5.39. The van der Waals surface area contributed by atoms with Crippen molar-refractivity contribution in [2.75, 3.05) is 17.7 Å². The largest absolute Gasteiger partial charge is 0.496 e. The average Bonchev–Trinajstić information content (AvgIpc) is 3.24. The summed E-state index contributed by atoms with van der Waals surface area (Å²) < 4.78 is 5.44. The van der Waals surface area contributed by atoms with Crippen LogP contribution >= 0.6 is 0 Å². The standard InChI is InChI=1S/C28H35N3O4/c1-18(2)16-26(32)29-20-12-14-21(15-13-20)30-27(33)24-17-19-8-4-6-10-23(19)31(24)28(34)22-9-5-7-11-25(22)35-3/h5,7,9,11-15,18-19,23-24H,4,6,8,10,16-17H2,1-3H3,(H,29,32)(H,30,33). The second-order valence-electron chi connectivity index (χ2n) is 9.99. The van der Waals surface area contributed by atoms with Crippen LogP contribution in [-0.4, -0.2) is 41.8 Å². The first kappa shape index (κ1) is 24.8. The minimum Gasteiger partial charge on any atom is -0.496 e. The maximum absolute atomic E-state index is 13.7. The molecule has 0 spiro atoms. The molecule has 1 heterocycles. The Balaban J connectivity index is 1.50. The maximum Gasteiger partial charge on any atom is 0.258 e. The molecule has 7 nitrogen and oxygen atoms in total. The van der Waals surface area contributed by atoms with Crippen LogP contribution in [0.15, 0.2) is 48.5 Å². The predicted octanol–water partition coefficient (Wildman–Crippen LogP) is 5.09. The SMILES string of the molecule is COc1ccccc1C(=O)N1C(C(=O)Nc2ccc(NC(=O)CC(C)C)cc2)CC2CCCCC21. The van der Waals surface area contributed by atoms with Gasteiger partial charge in [0.1, 0.15) is 11.8 Å². The van der Waals surface area contributed by atoms with Gasteiger partial charge in [-0.05, 0) is 67.5 Å². The first-order valence-electron chi connectivity index (χ1n) is 12.5. The number of hydrogen-bond acceptors (Lipinski definition) is 4. The first-order chi connectivity index (χ1) is 16.9. The Labute approximate surface area is 207 Å². The van der Waals surface area contributed by atoms with Crippen LogP contribution in [0.25, 0.3) is 0 Å². The number of likely N-dealkylation sites (tertiary alicyclic amines) is 1. The molecule has 1 saturated heterocycles. The summed E-state index contributed by atoms with van der Waals surface area (Å²) in [5, 5.41) is 5.87. The van der Waals surface area contributed by atoms with Crippen LogP contribution in [0.3, 0.4) is 0 Å². The van der Waals surface area contributed by atoms with E-state index in [1.165, 1.54) is 0 Å². The number of nitrogens with one attached hydrogen (secondary N) is 2. The lowest BCUT2D eigenvalue weighted by atomic mass is 9.84. The van der Waals surface area contributed by atoms with Crippen molar-refractivity contribution in [1.29, 1.82) is 0 Å². The number of nitrogens with zero attached hydrogens (tertiary/aromatic N) is 1. The monoisotopic (exact) mass is 477 g/mol. The lowest BCUT2D eigenvalue weighted by Crippen LogP contribution is -2.47. The van der Waals surface area contributed by atoms with E-state index in [1.807, 2.05) is 26.0 Å². The van der Waals surface area contributed by atoms with Crippen LogP contribution in [-0.2, 0) is 9.59 Å². The van der Waals surface area contributed by atoms with Gasteiger partial charge in [0.05, 0.1) is 12.7 Å². The predicted molar refractivity (Wildman–Crippen MR) is 136 cm³/mol. The van der Waals surface area contributed by atoms with Crippen molar-refractivity contribution in [3.05, 3.63) is 54.1 Å². The van der Waals surface area contributed by atoms with E-state index in [0.29, 0.717) is 41.4 Å². The molecule has 1 aliphatic carbocycles. The molecule has 0 bridgehead atoms. The van der Waals surface area contributed by atoms with Crippen molar-refractivity contribution in [2.45, 2.75) is 64.5 Å². The van der Waals surface area contributed by atoms with Gasteiger partial charge in [-0.1, -0.05) is 38.8 Å². The molecule has 2 fully saturated rings. The zero-order chi connectivity index (χ0) is 24.9. The third kappa shape index (κ3) is 5.66. The number of hydrogen-bond donors (Lipinski definition) is 2. The Kier molecular flexibility index (Phi) is 7.73. The fourth-order valence-electron chi connectivity index (χ4n) is 5.39. The first-order valence-corrected chi connectivity index (χ1v) is 12.5. The lowest BCUT2D eigenvalue weighted by molar-refractivity contribution is -0.120. The zero-order valence-corrected chi connectivity index (χ0v) is 20.8. The molecule has 7 heteroatoms. The quantitative estimate of drug-likeness (QED) is 0.581. The molecule has 2 aromatic rings. The Morgan fingerprint density at radius 2 is 1.63 bits per heavy atom. The highest BCUT2D eigenvalue weighted by atomic mass is 16.5. The zero-order valence-electron chi connectivity index (χ0n) is 20.8. The van der Waals surface area contributed by atoms with Crippen LogP contribution in [0.2, 0.25) is 0 Å². The Bertz CT molecular complexity index is 1070. The number of fused-ring (bicyclic) bond motifs is 1. The summed E-state index contributed by atoms with van der Waals surface area (Å²) in [7, 11) is 1.55. The minimum atomic E-state index is -0.536. The summed E-state index contributed by atoms with van der Waals surface area (Å²) in [6, 6.07) is 13.8.